The van der Waals surface area contributed by atoms with Crippen molar-refractivity contribution in [3.05, 3.63) is 29.0 Å². The lowest BCUT2D eigenvalue weighted by Crippen LogP contribution is -2.20. The zero-order valence-corrected chi connectivity index (χ0v) is 9.11. The lowest BCUT2D eigenvalue weighted by atomic mass is 10.3. The predicted octanol–water partition coefficient (Wildman–Crippen LogP) is 2.45. The number of benzene rings is 1. The minimum Gasteiger partial charge on any atom is -0.384 e. The van der Waals surface area contributed by atoms with E-state index in [1.807, 2.05) is 14.1 Å². The summed E-state index contributed by atoms with van der Waals surface area (Å²) in [7, 11) is 3.98. The van der Waals surface area contributed by atoms with Crippen LogP contribution in [0.3, 0.4) is 0 Å². The van der Waals surface area contributed by atoms with Gasteiger partial charge in [0.1, 0.15) is 5.82 Å². The Kier molecular flexibility index (Phi) is 4.17. The molecule has 0 unspecified atom stereocenters. The number of likely N-dealkylation sites (N-methyl/N-ethyl adjacent to an activating group) is 1. The Balaban J connectivity index is 2.47. The summed E-state index contributed by atoms with van der Waals surface area (Å²) >= 11 is 5.55. The summed E-state index contributed by atoms with van der Waals surface area (Å²) in [6.07, 6.45) is 0. The van der Waals surface area contributed by atoms with Crippen LogP contribution in [0.1, 0.15) is 0 Å². The van der Waals surface area contributed by atoms with Crippen molar-refractivity contribution < 1.29 is 4.39 Å². The third-order valence-corrected chi connectivity index (χ3v) is 2.11. The third kappa shape index (κ3) is 3.52. The van der Waals surface area contributed by atoms with Gasteiger partial charge in [-0.05, 0) is 32.3 Å². The monoisotopic (exact) mass is 216 g/mol. The largest absolute Gasteiger partial charge is 0.384 e. The second kappa shape index (κ2) is 5.17. The number of hydrogen-bond donors (Lipinski definition) is 1. The van der Waals surface area contributed by atoms with Crippen LogP contribution in [0.25, 0.3) is 0 Å². The van der Waals surface area contributed by atoms with Crippen LogP contribution < -0.4 is 5.32 Å². The number of nitrogens with zero attached hydrogens (tertiary/aromatic N) is 1. The van der Waals surface area contributed by atoms with Crippen LogP contribution in [0.15, 0.2) is 18.2 Å². The number of rotatable bonds is 4. The van der Waals surface area contributed by atoms with Gasteiger partial charge in [0.15, 0.2) is 0 Å². The van der Waals surface area contributed by atoms with Crippen molar-refractivity contribution in [1.29, 1.82) is 0 Å². The van der Waals surface area contributed by atoms with Gasteiger partial charge < -0.3 is 10.2 Å². The van der Waals surface area contributed by atoms with Gasteiger partial charge in [0.05, 0.1) is 5.02 Å². The average molecular weight is 217 g/mol. The van der Waals surface area contributed by atoms with Gasteiger partial charge >= 0.3 is 0 Å². The maximum Gasteiger partial charge on any atom is 0.143 e. The van der Waals surface area contributed by atoms with Crippen molar-refractivity contribution in [2.24, 2.45) is 0 Å². The topological polar surface area (TPSA) is 15.3 Å². The Morgan fingerprint density at radius 1 is 1.43 bits per heavy atom. The van der Waals surface area contributed by atoms with Crippen LogP contribution in [0, 0.1) is 5.82 Å². The van der Waals surface area contributed by atoms with Crippen LogP contribution in [0.5, 0.6) is 0 Å². The van der Waals surface area contributed by atoms with Crippen LogP contribution in [0.4, 0.5) is 10.1 Å². The zero-order chi connectivity index (χ0) is 10.6. The average Bonchev–Trinajstić information content (AvgIpc) is 2.10. The fourth-order valence-electron chi connectivity index (χ4n) is 1.03. The molecule has 0 fully saturated rings. The highest BCUT2D eigenvalue weighted by atomic mass is 35.5. The molecule has 14 heavy (non-hydrogen) atoms. The Morgan fingerprint density at radius 3 is 2.71 bits per heavy atom. The second-order valence-corrected chi connectivity index (χ2v) is 3.77. The minimum atomic E-state index is -0.387. The van der Waals surface area contributed by atoms with Crippen molar-refractivity contribution in [3.63, 3.8) is 0 Å². The summed E-state index contributed by atoms with van der Waals surface area (Å²) < 4.78 is 13.0. The Labute approximate surface area is 88.7 Å². The molecule has 0 spiro atoms. The van der Waals surface area contributed by atoms with Gasteiger partial charge in [0.2, 0.25) is 0 Å². The van der Waals surface area contributed by atoms with Gasteiger partial charge in [-0.25, -0.2) is 4.39 Å². The summed E-state index contributed by atoms with van der Waals surface area (Å²) in [4.78, 5) is 2.05. The maximum atomic E-state index is 13.0. The van der Waals surface area contributed by atoms with E-state index in [1.54, 1.807) is 12.1 Å². The molecule has 0 amide bonds. The first-order valence-corrected chi connectivity index (χ1v) is 4.81. The molecule has 1 rings (SSSR count). The first-order chi connectivity index (χ1) is 6.59. The highest BCUT2D eigenvalue weighted by Crippen LogP contribution is 2.18. The normalized spacial score (nSPS) is 10.6. The van der Waals surface area contributed by atoms with Crippen molar-refractivity contribution >= 4 is 17.3 Å². The van der Waals surface area contributed by atoms with E-state index >= 15 is 0 Å². The van der Waals surface area contributed by atoms with Gasteiger partial charge in [-0.1, -0.05) is 11.6 Å². The standard InChI is InChI=1S/C10H14ClFN2/c1-14(2)6-5-13-8-3-4-9(11)10(12)7-8/h3-4,7,13H,5-6H2,1-2H3. The second-order valence-electron chi connectivity index (χ2n) is 3.36. The summed E-state index contributed by atoms with van der Waals surface area (Å²) in [6, 6.07) is 4.72. The quantitative estimate of drug-likeness (QED) is 0.832. The van der Waals surface area contributed by atoms with Gasteiger partial charge in [0, 0.05) is 18.8 Å². The number of anilines is 1. The van der Waals surface area contributed by atoms with Crippen molar-refractivity contribution in [2.45, 2.75) is 0 Å². The fraction of sp³-hybridized carbons (Fsp3) is 0.400. The molecule has 0 saturated heterocycles. The van der Waals surface area contributed by atoms with Gasteiger partial charge in [-0.3, -0.25) is 0 Å². The molecule has 0 aliphatic heterocycles. The van der Waals surface area contributed by atoms with Crippen LogP contribution in [-0.2, 0) is 0 Å². The Hall–Kier alpha value is -0.800. The molecule has 2 nitrogen and oxygen atoms in total. The van der Waals surface area contributed by atoms with E-state index in [9.17, 15) is 4.39 Å². The highest BCUT2D eigenvalue weighted by molar-refractivity contribution is 6.30. The van der Waals surface area contributed by atoms with Crippen molar-refractivity contribution in [1.82, 2.24) is 4.90 Å². The van der Waals surface area contributed by atoms with Crippen LogP contribution in [-0.4, -0.2) is 32.1 Å². The molecular formula is C10H14ClFN2. The van der Waals surface area contributed by atoms with Gasteiger partial charge in [-0.2, -0.15) is 0 Å². The molecule has 1 aromatic rings. The Morgan fingerprint density at radius 2 is 2.14 bits per heavy atom. The molecule has 1 N–H and O–H groups in total. The number of hydrogen-bond acceptors (Lipinski definition) is 2. The van der Waals surface area contributed by atoms with Crippen molar-refractivity contribution in [2.75, 3.05) is 32.5 Å². The van der Waals surface area contributed by atoms with Gasteiger partial charge in [0.25, 0.3) is 0 Å². The number of nitrogens with one attached hydrogen (secondary N) is 1. The SMILES string of the molecule is CN(C)CCNc1ccc(Cl)c(F)c1. The zero-order valence-electron chi connectivity index (χ0n) is 8.35. The van der Waals surface area contributed by atoms with Crippen LogP contribution >= 0.6 is 11.6 Å². The summed E-state index contributed by atoms with van der Waals surface area (Å²) in [5.41, 5.74) is 0.758. The number of halogens is 2. The first kappa shape index (κ1) is 11.3. The maximum absolute atomic E-state index is 13.0. The van der Waals surface area contributed by atoms with E-state index in [0.29, 0.717) is 0 Å². The molecule has 0 aromatic heterocycles. The molecule has 4 heteroatoms. The molecule has 0 saturated carbocycles. The predicted molar refractivity (Wildman–Crippen MR) is 58.5 cm³/mol. The molecule has 78 valence electrons. The first-order valence-electron chi connectivity index (χ1n) is 4.43. The highest BCUT2D eigenvalue weighted by Gasteiger charge is 2.00. The molecule has 0 bridgehead atoms. The lowest BCUT2D eigenvalue weighted by Gasteiger charge is -2.11. The lowest BCUT2D eigenvalue weighted by molar-refractivity contribution is 0.425. The molecule has 0 heterocycles. The molecule has 0 aliphatic rings. The third-order valence-electron chi connectivity index (χ3n) is 1.81. The molecular weight excluding hydrogens is 203 g/mol. The van der Waals surface area contributed by atoms with E-state index in [4.69, 9.17) is 11.6 Å². The van der Waals surface area contributed by atoms with E-state index in [-0.39, 0.29) is 10.8 Å². The van der Waals surface area contributed by atoms with E-state index in [0.717, 1.165) is 18.8 Å². The summed E-state index contributed by atoms with van der Waals surface area (Å²) in [5, 5.41) is 3.26. The minimum absolute atomic E-state index is 0.156. The summed E-state index contributed by atoms with van der Waals surface area (Å²) in [6.45, 7) is 1.69. The Bertz CT molecular complexity index is 302. The van der Waals surface area contributed by atoms with Crippen LogP contribution in [0.2, 0.25) is 5.02 Å². The van der Waals surface area contributed by atoms with E-state index in [2.05, 4.69) is 10.2 Å². The van der Waals surface area contributed by atoms with E-state index in [1.165, 1.54) is 6.07 Å². The van der Waals surface area contributed by atoms with Crippen molar-refractivity contribution in [3.8, 4) is 0 Å². The molecule has 0 atom stereocenters. The summed E-state index contributed by atoms with van der Waals surface area (Å²) in [5.74, 6) is -0.387. The fourth-order valence-corrected chi connectivity index (χ4v) is 1.15. The van der Waals surface area contributed by atoms with Gasteiger partial charge in [-0.15, -0.1) is 0 Å². The van der Waals surface area contributed by atoms with E-state index < -0.39 is 0 Å². The molecule has 1 aromatic carbocycles. The molecule has 0 radical (unpaired) electrons. The smallest absolute Gasteiger partial charge is 0.143 e. The molecule has 0 aliphatic carbocycles.